The van der Waals surface area contributed by atoms with E-state index in [0.717, 1.165) is 32.9 Å². The van der Waals surface area contributed by atoms with Gasteiger partial charge in [0.05, 0.1) is 0 Å². The Kier molecular flexibility index (Phi) is 1.86. The maximum Gasteiger partial charge on any atom is 0.146 e. The van der Waals surface area contributed by atoms with Crippen LogP contribution in [-0.2, 0) is 0 Å². The summed E-state index contributed by atoms with van der Waals surface area (Å²) in [5.74, 6) is 0.317. The first kappa shape index (κ1) is 10.8. The van der Waals surface area contributed by atoms with Crippen LogP contribution in [0.15, 0.2) is 30.3 Å². The van der Waals surface area contributed by atoms with E-state index in [1.165, 1.54) is 0 Å². The van der Waals surface area contributed by atoms with Gasteiger partial charge in [0.15, 0.2) is 0 Å². The highest BCUT2D eigenvalue weighted by Crippen LogP contribution is 2.33. The summed E-state index contributed by atoms with van der Waals surface area (Å²) in [7, 11) is 0. The lowest BCUT2D eigenvalue weighted by Crippen LogP contribution is -1.90. The van der Waals surface area contributed by atoms with E-state index in [1.807, 2.05) is 58.2 Å². The van der Waals surface area contributed by atoms with Gasteiger partial charge in [0.1, 0.15) is 22.5 Å². The van der Waals surface area contributed by atoms with Gasteiger partial charge in [-0.05, 0) is 49.2 Å². The Hall–Kier alpha value is -2.07. The number of nitrogens with zero attached hydrogens (tertiary/aromatic N) is 3. The largest absolute Gasteiger partial charge is 0.505 e. The molecular formula is C14H12ClN3O. The lowest BCUT2D eigenvalue weighted by molar-refractivity contribution is 0.467. The molecule has 2 aromatic carbocycles. The van der Waals surface area contributed by atoms with Crippen molar-refractivity contribution in [3.8, 4) is 11.4 Å². The first-order valence-electron chi connectivity index (χ1n) is 6.08. The molecule has 0 saturated carbocycles. The molecule has 0 spiro atoms. The van der Waals surface area contributed by atoms with E-state index >= 15 is 0 Å². The minimum atomic E-state index is 0.317. The summed E-state index contributed by atoms with van der Waals surface area (Å²) in [6, 6.07) is 9.72. The van der Waals surface area contributed by atoms with Crippen molar-refractivity contribution in [3.05, 3.63) is 46.5 Å². The van der Waals surface area contributed by atoms with Gasteiger partial charge in [-0.15, -0.1) is 14.1 Å². The molecule has 0 saturated heterocycles. The number of fused-ring (bicyclic) bond motifs is 4. The number of hydrogen-bond acceptors (Lipinski definition) is 1. The van der Waals surface area contributed by atoms with Gasteiger partial charge in [-0.25, -0.2) is 0 Å². The molecule has 4 aromatic rings. The van der Waals surface area contributed by atoms with E-state index in [4.69, 9.17) is 11.6 Å². The fourth-order valence-corrected chi connectivity index (χ4v) is 2.78. The molecule has 1 N–H and O–H groups in total. The molecule has 0 aliphatic rings. The van der Waals surface area contributed by atoms with Crippen molar-refractivity contribution in [2.24, 2.45) is 0 Å². The highest BCUT2D eigenvalue weighted by molar-refractivity contribution is 6.31. The average molecular weight is 274 g/mol. The summed E-state index contributed by atoms with van der Waals surface area (Å²) in [5.41, 5.74) is 4.96. The number of halogens is 1. The predicted octanol–water partition coefficient (Wildman–Crippen LogP) is 3.40. The van der Waals surface area contributed by atoms with E-state index in [0.29, 0.717) is 5.75 Å². The van der Waals surface area contributed by atoms with Crippen molar-refractivity contribution in [1.82, 2.24) is 14.1 Å². The second kappa shape index (κ2) is 3.27. The molecule has 0 atom stereocenters. The topological polar surface area (TPSA) is 34.0 Å². The smallest absolute Gasteiger partial charge is 0.146 e. The van der Waals surface area contributed by atoms with Crippen molar-refractivity contribution in [3.63, 3.8) is 0 Å². The molecule has 0 radical (unpaired) electrons. The fraction of sp³-hybridized carbons (Fsp3) is 0.143. The molecule has 4 nitrogen and oxygen atoms in total. The maximum atomic E-state index is 10.2. The number of aryl methyl sites for hydroxylation is 2. The van der Waals surface area contributed by atoms with E-state index in [9.17, 15) is 5.11 Å². The van der Waals surface area contributed by atoms with Gasteiger partial charge < -0.3 is 5.11 Å². The summed E-state index contributed by atoms with van der Waals surface area (Å²) in [4.78, 5) is 1.94. The molecule has 2 aromatic heterocycles. The van der Waals surface area contributed by atoms with E-state index in [-0.39, 0.29) is 0 Å². The number of rotatable bonds is 1. The molecule has 0 unspecified atom stereocenters. The van der Waals surface area contributed by atoms with Crippen LogP contribution < -0.4 is 0 Å². The lowest BCUT2D eigenvalue weighted by atomic mass is 10.1. The van der Waals surface area contributed by atoms with Crippen LogP contribution in [0.25, 0.3) is 16.7 Å². The number of phenols is 1. The number of aromatic nitrogens is 3. The minimum absolute atomic E-state index is 0.317. The summed E-state index contributed by atoms with van der Waals surface area (Å²) in [6.45, 7) is 3.93. The van der Waals surface area contributed by atoms with Crippen LogP contribution in [0.5, 0.6) is 5.75 Å². The monoisotopic (exact) mass is 273 g/mol. The Labute approximate surface area is 114 Å². The molecule has 2 heterocycles. The predicted molar refractivity (Wildman–Crippen MR) is 75.0 cm³/mol. The summed E-state index contributed by atoms with van der Waals surface area (Å²) < 4.78 is 3.98. The van der Waals surface area contributed by atoms with Crippen LogP contribution in [0.1, 0.15) is 11.1 Å². The lowest BCUT2D eigenvalue weighted by Gasteiger charge is -2.04. The third-order valence-electron chi connectivity index (χ3n) is 3.52. The molecule has 0 fully saturated rings. The Morgan fingerprint density at radius 3 is 2.53 bits per heavy atom. The Balaban J connectivity index is 1.99. The molecule has 0 bridgehead atoms. The van der Waals surface area contributed by atoms with Gasteiger partial charge in [-0.2, -0.15) is 0 Å². The summed E-state index contributed by atoms with van der Waals surface area (Å²) in [6.07, 6.45) is 0. The zero-order valence-electron chi connectivity index (χ0n) is 10.6. The second-order valence-electron chi connectivity index (χ2n) is 4.95. The van der Waals surface area contributed by atoms with E-state index < -0.39 is 0 Å². The molecule has 5 heteroatoms. The van der Waals surface area contributed by atoms with Crippen LogP contribution in [-0.4, -0.2) is 19.2 Å². The first-order valence-corrected chi connectivity index (χ1v) is 6.45. The van der Waals surface area contributed by atoms with Crippen molar-refractivity contribution in [1.29, 1.82) is 0 Å². The number of aromatic hydroxyl groups is 1. The average Bonchev–Trinajstić information content (AvgIpc) is 3.01. The van der Waals surface area contributed by atoms with Crippen molar-refractivity contribution < 1.29 is 5.11 Å². The Bertz CT molecular complexity index is 912. The van der Waals surface area contributed by atoms with Crippen LogP contribution in [0.4, 0.5) is 0 Å². The van der Waals surface area contributed by atoms with Gasteiger partial charge in [-0.1, -0.05) is 17.7 Å². The Morgan fingerprint density at radius 2 is 1.74 bits per heavy atom. The third kappa shape index (κ3) is 1.29. The standard InChI is InChI=1S/C14H12ClN3O/c1-8-5-9(2)14(19)13(6-8)18-16-11-4-3-10(15)7-12(11)17(16)18/h3-7,19H,1-2H3. The third-order valence-corrected chi connectivity index (χ3v) is 3.75. The zero-order chi connectivity index (χ0) is 13.3. The zero-order valence-corrected chi connectivity index (χ0v) is 11.3. The SMILES string of the molecule is Cc1cc(C)c(O)c(-n2n3c4ccc(Cl)cc4n23)c1. The van der Waals surface area contributed by atoms with Gasteiger partial charge in [0.25, 0.3) is 0 Å². The molecular weight excluding hydrogens is 262 g/mol. The quantitative estimate of drug-likeness (QED) is 0.567. The van der Waals surface area contributed by atoms with Crippen LogP contribution in [0, 0.1) is 13.8 Å². The second-order valence-corrected chi connectivity index (χ2v) is 5.39. The highest BCUT2D eigenvalue weighted by Gasteiger charge is 2.26. The summed E-state index contributed by atoms with van der Waals surface area (Å²) >= 11 is 6.00. The van der Waals surface area contributed by atoms with Gasteiger partial charge in [-0.3, -0.25) is 0 Å². The number of benzene rings is 2. The minimum Gasteiger partial charge on any atom is -0.505 e. The molecule has 0 aliphatic carbocycles. The first-order chi connectivity index (χ1) is 9.08. The molecule has 0 amide bonds. The van der Waals surface area contributed by atoms with Crippen molar-refractivity contribution in [2.75, 3.05) is 0 Å². The molecule has 4 rings (SSSR count). The Morgan fingerprint density at radius 1 is 1.00 bits per heavy atom. The maximum absolute atomic E-state index is 10.2. The summed E-state index contributed by atoms with van der Waals surface area (Å²) in [5, 5.41) is 10.9. The fourth-order valence-electron chi connectivity index (χ4n) is 2.61. The van der Waals surface area contributed by atoms with Gasteiger partial charge >= 0.3 is 0 Å². The van der Waals surface area contributed by atoms with Crippen LogP contribution >= 0.6 is 11.6 Å². The normalized spacial score (nSPS) is 12.2. The number of phenolic OH excluding ortho intramolecular Hbond substituents is 1. The molecule has 96 valence electrons. The van der Waals surface area contributed by atoms with Crippen molar-refractivity contribution in [2.45, 2.75) is 13.8 Å². The number of hydrogen-bond donors (Lipinski definition) is 1. The van der Waals surface area contributed by atoms with E-state index in [1.54, 1.807) is 0 Å². The van der Waals surface area contributed by atoms with E-state index in [2.05, 4.69) is 0 Å². The van der Waals surface area contributed by atoms with Crippen LogP contribution in [0.3, 0.4) is 0 Å². The van der Waals surface area contributed by atoms with Gasteiger partial charge in [0.2, 0.25) is 0 Å². The highest BCUT2D eigenvalue weighted by atomic mass is 35.5. The van der Waals surface area contributed by atoms with Gasteiger partial charge in [0, 0.05) is 5.02 Å². The van der Waals surface area contributed by atoms with Crippen molar-refractivity contribution >= 4 is 22.6 Å². The molecule has 0 aliphatic heterocycles. The van der Waals surface area contributed by atoms with Crippen LogP contribution in [0.2, 0.25) is 5.02 Å². The molecule has 19 heavy (non-hydrogen) atoms.